The smallest absolute Gasteiger partial charge is 0.354 e. The van der Waals surface area contributed by atoms with Crippen LogP contribution in [-0.2, 0) is 19.1 Å². The molecule has 0 spiro atoms. The number of hydrazone groups is 1. The van der Waals surface area contributed by atoms with E-state index in [9.17, 15) is 9.59 Å². The molecular weight excluding hydrogens is 356 g/mol. The maximum Gasteiger partial charge on any atom is 0.354 e. The number of anilines is 1. The highest BCUT2D eigenvalue weighted by Gasteiger charge is 2.74. The van der Waals surface area contributed by atoms with Crippen molar-refractivity contribution in [3.63, 3.8) is 0 Å². The van der Waals surface area contributed by atoms with E-state index in [4.69, 9.17) is 14.6 Å². The molecule has 1 aromatic carbocycles. The zero-order valence-corrected chi connectivity index (χ0v) is 16.7. The summed E-state index contributed by atoms with van der Waals surface area (Å²) in [5, 5.41) is 6.67. The molecule has 5 atom stereocenters. The van der Waals surface area contributed by atoms with Gasteiger partial charge in [-0.15, -0.1) is 0 Å². The molecule has 5 rings (SSSR count). The maximum atomic E-state index is 12.6. The Kier molecular flexibility index (Phi) is 4.14. The number of nitrogens with zero attached hydrogens (tertiary/aromatic N) is 2. The summed E-state index contributed by atoms with van der Waals surface area (Å²) in [7, 11) is 1.35. The quantitative estimate of drug-likeness (QED) is 0.591. The Balaban J connectivity index is 1.87. The molecule has 6 nitrogen and oxygen atoms in total. The molecule has 3 fully saturated rings. The minimum atomic E-state index is -0.505. The van der Waals surface area contributed by atoms with Gasteiger partial charge in [-0.1, -0.05) is 38.6 Å². The van der Waals surface area contributed by atoms with Crippen LogP contribution in [0.1, 0.15) is 27.2 Å². The molecule has 148 valence electrons. The number of esters is 2. The Morgan fingerprint density at radius 3 is 2.50 bits per heavy atom. The molecule has 3 aliphatic carbocycles. The van der Waals surface area contributed by atoms with E-state index in [1.165, 1.54) is 13.2 Å². The third-order valence-electron chi connectivity index (χ3n) is 7.18. The van der Waals surface area contributed by atoms with E-state index < -0.39 is 23.6 Å². The minimum absolute atomic E-state index is 0.0501. The summed E-state index contributed by atoms with van der Waals surface area (Å²) in [4.78, 5) is 24.8. The van der Waals surface area contributed by atoms with Crippen molar-refractivity contribution in [3.05, 3.63) is 43.0 Å². The monoisotopic (exact) mass is 382 g/mol. The average Bonchev–Trinajstić information content (AvgIpc) is 3.01. The zero-order chi connectivity index (χ0) is 20.3. The molecule has 2 bridgehead atoms. The number of ether oxygens (including phenoxy) is 2. The van der Waals surface area contributed by atoms with Gasteiger partial charge in [0.2, 0.25) is 0 Å². The van der Waals surface area contributed by atoms with Crippen molar-refractivity contribution in [2.45, 2.75) is 38.8 Å². The summed E-state index contributed by atoms with van der Waals surface area (Å²) >= 11 is 0. The second-order valence-corrected chi connectivity index (χ2v) is 8.65. The Labute approximate surface area is 165 Å². The van der Waals surface area contributed by atoms with Crippen LogP contribution < -0.4 is 5.01 Å². The Bertz CT molecular complexity index is 863. The first-order chi connectivity index (χ1) is 13.3. The van der Waals surface area contributed by atoms with Gasteiger partial charge in [-0.2, -0.15) is 5.10 Å². The van der Waals surface area contributed by atoms with Crippen LogP contribution in [0.2, 0.25) is 0 Å². The normalized spacial score (nSPS) is 34.6. The van der Waals surface area contributed by atoms with Crippen molar-refractivity contribution >= 4 is 23.3 Å². The van der Waals surface area contributed by atoms with Crippen molar-refractivity contribution in [2.75, 3.05) is 12.1 Å². The molecule has 0 aromatic heterocycles. The SMILES string of the molecule is C=CC(=O)O[C@@H]1[C@H]2C[C@H](C2(C)C)[C@]2(C)[C@H]1C(C(=O)OC)=NN2c1ccccc1. The fourth-order valence-electron chi connectivity index (χ4n) is 5.79. The number of carbonyl (C=O) groups excluding carboxylic acids is 2. The van der Waals surface area contributed by atoms with Gasteiger partial charge in [-0.05, 0) is 36.8 Å². The Morgan fingerprint density at radius 1 is 1.25 bits per heavy atom. The summed E-state index contributed by atoms with van der Waals surface area (Å²) in [6, 6.07) is 9.81. The fourth-order valence-corrected chi connectivity index (χ4v) is 5.79. The van der Waals surface area contributed by atoms with Crippen LogP contribution in [0.15, 0.2) is 48.1 Å². The predicted octanol–water partition coefficient (Wildman–Crippen LogP) is 3.18. The second kappa shape index (κ2) is 6.19. The van der Waals surface area contributed by atoms with Gasteiger partial charge in [0.15, 0.2) is 5.71 Å². The van der Waals surface area contributed by atoms with Gasteiger partial charge in [0.05, 0.1) is 24.3 Å². The first-order valence-electron chi connectivity index (χ1n) is 9.62. The molecule has 1 aliphatic heterocycles. The summed E-state index contributed by atoms with van der Waals surface area (Å²) in [6.07, 6.45) is 1.64. The van der Waals surface area contributed by atoms with Crippen LogP contribution in [0.4, 0.5) is 5.69 Å². The first-order valence-corrected chi connectivity index (χ1v) is 9.62. The molecule has 0 amide bonds. The number of methoxy groups -OCH3 is 1. The molecule has 0 radical (unpaired) electrons. The maximum absolute atomic E-state index is 12.6. The fraction of sp³-hybridized carbons (Fsp3) is 0.500. The topological polar surface area (TPSA) is 68.2 Å². The van der Waals surface area contributed by atoms with Crippen LogP contribution in [0.3, 0.4) is 0 Å². The van der Waals surface area contributed by atoms with Gasteiger partial charge in [0.25, 0.3) is 0 Å². The van der Waals surface area contributed by atoms with E-state index in [-0.39, 0.29) is 17.3 Å². The van der Waals surface area contributed by atoms with Gasteiger partial charge in [-0.25, -0.2) is 9.59 Å². The Morgan fingerprint density at radius 2 is 1.93 bits per heavy atom. The molecule has 1 aromatic rings. The molecule has 6 heteroatoms. The molecular formula is C22H26N2O4. The third-order valence-corrected chi connectivity index (χ3v) is 7.18. The molecule has 3 saturated carbocycles. The summed E-state index contributed by atoms with van der Waals surface area (Å²) in [5.41, 5.74) is 0.672. The predicted molar refractivity (Wildman–Crippen MR) is 106 cm³/mol. The average molecular weight is 382 g/mol. The Hall–Kier alpha value is -2.63. The summed E-state index contributed by atoms with van der Waals surface area (Å²) in [5.74, 6) is -0.866. The molecule has 0 unspecified atom stereocenters. The van der Waals surface area contributed by atoms with Crippen LogP contribution in [-0.4, -0.2) is 36.4 Å². The highest BCUT2D eigenvalue weighted by molar-refractivity contribution is 6.38. The van der Waals surface area contributed by atoms with E-state index in [0.29, 0.717) is 11.6 Å². The van der Waals surface area contributed by atoms with E-state index in [1.807, 2.05) is 35.3 Å². The van der Waals surface area contributed by atoms with Gasteiger partial charge in [0.1, 0.15) is 6.10 Å². The zero-order valence-electron chi connectivity index (χ0n) is 16.7. The van der Waals surface area contributed by atoms with Crippen molar-refractivity contribution in [1.29, 1.82) is 0 Å². The van der Waals surface area contributed by atoms with Crippen molar-refractivity contribution in [1.82, 2.24) is 0 Å². The molecule has 28 heavy (non-hydrogen) atoms. The number of hydrogen-bond acceptors (Lipinski definition) is 6. The van der Waals surface area contributed by atoms with E-state index in [1.54, 1.807) is 0 Å². The van der Waals surface area contributed by atoms with E-state index >= 15 is 0 Å². The first kappa shape index (κ1) is 18.7. The van der Waals surface area contributed by atoms with Crippen LogP contribution in [0.5, 0.6) is 0 Å². The van der Waals surface area contributed by atoms with Crippen molar-refractivity contribution < 1.29 is 19.1 Å². The minimum Gasteiger partial charge on any atom is -0.464 e. The highest BCUT2D eigenvalue weighted by atomic mass is 16.5. The largest absolute Gasteiger partial charge is 0.464 e. The van der Waals surface area contributed by atoms with E-state index in [2.05, 4.69) is 27.4 Å². The second-order valence-electron chi connectivity index (χ2n) is 8.65. The number of benzene rings is 1. The lowest BCUT2D eigenvalue weighted by molar-refractivity contribution is -0.208. The lowest BCUT2D eigenvalue weighted by atomic mass is 9.39. The third kappa shape index (κ3) is 2.30. The molecule has 0 saturated heterocycles. The molecule has 1 heterocycles. The van der Waals surface area contributed by atoms with Crippen LogP contribution in [0.25, 0.3) is 0 Å². The number of hydrogen-bond donors (Lipinski definition) is 0. The highest BCUT2D eigenvalue weighted by Crippen LogP contribution is 2.68. The molecule has 0 N–H and O–H groups in total. The van der Waals surface area contributed by atoms with Crippen molar-refractivity contribution in [2.24, 2.45) is 28.3 Å². The van der Waals surface area contributed by atoms with Crippen molar-refractivity contribution in [3.8, 4) is 0 Å². The van der Waals surface area contributed by atoms with Gasteiger partial charge < -0.3 is 9.47 Å². The standard InChI is InChI=1S/C22H26N2O4/c1-6-16(25)28-19-14-12-15(21(14,2)3)22(4)17(19)18(20(26)27-5)23-24(22)13-10-8-7-9-11-13/h6-11,14-15,17,19H,1,12H2,2-5H3/t14-,15-,17+,19-,22-/m1/s1. The lowest BCUT2D eigenvalue weighted by Crippen LogP contribution is -2.74. The summed E-state index contributed by atoms with van der Waals surface area (Å²) in [6.45, 7) is 10.1. The van der Waals surface area contributed by atoms with Gasteiger partial charge in [-0.3, -0.25) is 5.01 Å². The summed E-state index contributed by atoms with van der Waals surface area (Å²) < 4.78 is 10.9. The lowest BCUT2D eigenvalue weighted by Gasteiger charge is -2.68. The number of para-hydroxylation sites is 1. The van der Waals surface area contributed by atoms with Crippen LogP contribution >= 0.6 is 0 Å². The van der Waals surface area contributed by atoms with Gasteiger partial charge >= 0.3 is 11.9 Å². The van der Waals surface area contributed by atoms with Gasteiger partial charge in [0, 0.05) is 12.0 Å². The van der Waals surface area contributed by atoms with Crippen LogP contribution in [0, 0.1) is 23.2 Å². The number of rotatable bonds is 4. The number of carbonyl (C=O) groups is 2. The van der Waals surface area contributed by atoms with E-state index in [0.717, 1.165) is 12.1 Å². The molecule has 4 aliphatic rings.